The number of rotatable bonds is 4. The smallest absolute Gasteiger partial charge is 0.274 e. The monoisotopic (exact) mass is 471 g/mol. The molecule has 1 aliphatic rings. The Morgan fingerprint density at radius 1 is 1.03 bits per heavy atom. The summed E-state index contributed by atoms with van der Waals surface area (Å²) in [5, 5.41) is 11.8. The number of amides is 2. The van der Waals surface area contributed by atoms with Crippen LogP contribution in [0.5, 0.6) is 0 Å². The van der Waals surface area contributed by atoms with Gasteiger partial charge in [-0.2, -0.15) is 5.10 Å². The maximum Gasteiger partial charge on any atom is 0.274 e. The fraction of sp³-hybridized carbons (Fsp3) is 0.100. The molecule has 3 aromatic rings. The first-order valence-electron chi connectivity index (χ1n) is 8.72. The van der Waals surface area contributed by atoms with Gasteiger partial charge in [-0.05, 0) is 23.6 Å². The van der Waals surface area contributed by atoms with Crippen LogP contribution >= 0.6 is 27.5 Å². The molecule has 0 bridgehead atoms. The molecule has 0 radical (unpaired) electrons. The summed E-state index contributed by atoms with van der Waals surface area (Å²) in [6.45, 7) is 0. The summed E-state index contributed by atoms with van der Waals surface area (Å²) in [6, 6.07) is 16.2. The second-order valence-electron chi connectivity index (χ2n) is 6.29. The second-order valence-corrected chi connectivity index (χ2v) is 7.69. The maximum absolute atomic E-state index is 12.7. The molecule has 0 fully saturated rings. The molecule has 146 valence electrons. The van der Waals surface area contributed by atoms with Crippen molar-refractivity contribution in [1.29, 1.82) is 0 Å². The van der Waals surface area contributed by atoms with E-state index in [2.05, 4.69) is 42.1 Å². The topological polar surface area (TPSA) is 95.5 Å². The van der Waals surface area contributed by atoms with Gasteiger partial charge in [0.15, 0.2) is 0 Å². The molecule has 2 aromatic carbocycles. The molecule has 7 nitrogen and oxygen atoms in total. The van der Waals surface area contributed by atoms with Gasteiger partial charge in [-0.1, -0.05) is 63.9 Å². The van der Waals surface area contributed by atoms with Crippen LogP contribution in [0.3, 0.4) is 0 Å². The summed E-state index contributed by atoms with van der Waals surface area (Å²) in [5.41, 5.74) is 3.30. The van der Waals surface area contributed by atoms with Gasteiger partial charge >= 0.3 is 0 Å². The van der Waals surface area contributed by atoms with Gasteiger partial charge in [-0.25, -0.2) is 4.98 Å². The number of hydrogen-bond donors (Lipinski definition) is 3. The standard InChI is InChI=1S/C20H15BrClN5O2/c21-15-16(20(29)24-17-12-6-2-1-5-11(12)9-10-23-17)26-27-18(15)25-19(28)13-7-3-4-8-14(13)22/h1-10,15,18,27H,(H,25,28)(H,23,24,29). The average Bonchev–Trinajstić information content (AvgIpc) is 3.09. The minimum atomic E-state index is -0.611. The molecule has 0 aliphatic carbocycles. The zero-order valence-electron chi connectivity index (χ0n) is 14.9. The van der Waals surface area contributed by atoms with Crippen LogP contribution in [0.15, 0.2) is 65.9 Å². The van der Waals surface area contributed by atoms with Crippen molar-refractivity contribution in [3.8, 4) is 0 Å². The number of hydrazone groups is 1. The molecular formula is C20H15BrClN5O2. The molecule has 0 saturated heterocycles. The SMILES string of the molecule is O=C(Nc1nccc2ccccc12)C1=NNC(NC(=O)c2ccccc2Cl)C1Br. The Hall–Kier alpha value is -2.97. The van der Waals surface area contributed by atoms with Crippen LogP contribution in [0, 0.1) is 0 Å². The molecule has 3 N–H and O–H groups in total. The molecule has 1 aromatic heterocycles. The quantitative estimate of drug-likeness (QED) is 0.508. The molecule has 2 heterocycles. The first kappa shape index (κ1) is 19.4. The van der Waals surface area contributed by atoms with Crippen LogP contribution in [0.1, 0.15) is 10.4 Å². The number of hydrogen-bond acceptors (Lipinski definition) is 5. The summed E-state index contributed by atoms with van der Waals surface area (Å²) in [4.78, 5) is 28.9. The Kier molecular flexibility index (Phi) is 5.46. The van der Waals surface area contributed by atoms with Crippen molar-refractivity contribution in [2.24, 2.45) is 5.10 Å². The molecule has 4 rings (SSSR count). The number of alkyl halides is 1. The second kappa shape index (κ2) is 8.18. The lowest BCUT2D eigenvalue weighted by atomic mass is 10.1. The van der Waals surface area contributed by atoms with Crippen molar-refractivity contribution in [3.63, 3.8) is 0 Å². The Morgan fingerprint density at radius 3 is 2.62 bits per heavy atom. The highest BCUT2D eigenvalue weighted by atomic mass is 79.9. The lowest BCUT2D eigenvalue weighted by Gasteiger charge is -2.17. The number of carbonyl (C=O) groups excluding carboxylic acids is 2. The third-order valence-corrected chi connectivity index (χ3v) is 5.71. The van der Waals surface area contributed by atoms with E-state index in [0.29, 0.717) is 16.4 Å². The van der Waals surface area contributed by atoms with E-state index < -0.39 is 16.9 Å². The first-order chi connectivity index (χ1) is 14.0. The van der Waals surface area contributed by atoms with Gasteiger partial charge < -0.3 is 10.6 Å². The summed E-state index contributed by atoms with van der Waals surface area (Å²) < 4.78 is 0. The molecule has 9 heteroatoms. The van der Waals surface area contributed by atoms with Crippen molar-refractivity contribution in [1.82, 2.24) is 15.7 Å². The van der Waals surface area contributed by atoms with Crippen molar-refractivity contribution in [2.75, 3.05) is 5.32 Å². The van der Waals surface area contributed by atoms with Gasteiger partial charge in [-0.3, -0.25) is 15.0 Å². The molecule has 1 aliphatic heterocycles. The van der Waals surface area contributed by atoms with E-state index in [-0.39, 0.29) is 11.6 Å². The zero-order valence-corrected chi connectivity index (χ0v) is 17.2. The van der Waals surface area contributed by atoms with E-state index in [1.54, 1.807) is 30.5 Å². The van der Waals surface area contributed by atoms with Crippen LogP contribution < -0.4 is 16.1 Å². The molecular weight excluding hydrogens is 458 g/mol. The van der Waals surface area contributed by atoms with Crippen LogP contribution in [0.2, 0.25) is 5.02 Å². The summed E-state index contributed by atoms with van der Waals surface area (Å²) >= 11 is 9.50. The Morgan fingerprint density at radius 2 is 1.79 bits per heavy atom. The van der Waals surface area contributed by atoms with Gasteiger partial charge in [0.2, 0.25) is 0 Å². The van der Waals surface area contributed by atoms with E-state index in [0.717, 1.165) is 10.8 Å². The zero-order chi connectivity index (χ0) is 20.4. The van der Waals surface area contributed by atoms with Crippen LogP contribution in [-0.2, 0) is 4.79 Å². The molecule has 0 saturated carbocycles. The highest BCUT2D eigenvalue weighted by molar-refractivity contribution is 9.10. The van der Waals surface area contributed by atoms with Crippen LogP contribution in [0.25, 0.3) is 10.8 Å². The Bertz CT molecular complexity index is 1130. The van der Waals surface area contributed by atoms with E-state index >= 15 is 0 Å². The lowest BCUT2D eigenvalue weighted by molar-refractivity contribution is -0.110. The van der Waals surface area contributed by atoms with Gasteiger partial charge in [0.25, 0.3) is 11.8 Å². The highest BCUT2D eigenvalue weighted by Crippen LogP contribution is 2.22. The summed E-state index contributed by atoms with van der Waals surface area (Å²) in [5.74, 6) is -0.345. The Balaban J connectivity index is 1.45. The van der Waals surface area contributed by atoms with E-state index in [9.17, 15) is 9.59 Å². The van der Waals surface area contributed by atoms with Gasteiger partial charge in [0.1, 0.15) is 22.5 Å². The van der Waals surface area contributed by atoms with E-state index in [4.69, 9.17) is 11.6 Å². The fourth-order valence-electron chi connectivity index (χ4n) is 2.96. The number of carbonyl (C=O) groups is 2. The number of nitrogens with zero attached hydrogens (tertiary/aromatic N) is 2. The number of pyridine rings is 1. The Labute approximate surface area is 179 Å². The number of benzene rings is 2. The largest absolute Gasteiger partial charge is 0.329 e. The maximum atomic E-state index is 12.7. The van der Waals surface area contributed by atoms with E-state index in [1.807, 2.05) is 30.3 Å². The van der Waals surface area contributed by atoms with Crippen LogP contribution in [-0.4, -0.2) is 33.5 Å². The van der Waals surface area contributed by atoms with Crippen molar-refractivity contribution in [2.45, 2.75) is 11.0 Å². The molecule has 2 atom stereocenters. The summed E-state index contributed by atoms with van der Waals surface area (Å²) in [6.07, 6.45) is 1.02. The third kappa shape index (κ3) is 3.94. The molecule has 0 spiro atoms. The fourth-order valence-corrected chi connectivity index (χ4v) is 3.74. The number of halogens is 2. The minimum Gasteiger partial charge on any atom is -0.329 e. The van der Waals surface area contributed by atoms with Gasteiger partial charge in [0.05, 0.1) is 10.6 Å². The number of anilines is 1. The predicted molar refractivity (Wildman–Crippen MR) is 116 cm³/mol. The number of nitrogens with one attached hydrogen (secondary N) is 3. The molecule has 2 amide bonds. The highest BCUT2D eigenvalue weighted by Gasteiger charge is 2.35. The van der Waals surface area contributed by atoms with Crippen molar-refractivity contribution >= 4 is 61.6 Å². The first-order valence-corrected chi connectivity index (χ1v) is 10.0. The third-order valence-electron chi connectivity index (χ3n) is 4.42. The van der Waals surface area contributed by atoms with Crippen LogP contribution in [0.4, 0.5) is 5.82 Å². The van der Waals surface area contributed by atoms with E-state index in [1.165, 1.54) is 0 Å². The van der Waals surface area contributed by atoms with Gasteiger partial charge in [-0.15, -0.1) is 0 Å². The van der Waals surface area contributed by atoms with Crippen molar-refractivity contribution in [3.05, 3.63) is 71.4 Å². The number of aromatic nitrogens is 1. The number of fused-ring (bicyclic) bond motifs is 1. The summed E-state index contributed by atoms with van der Waals surface area (Å²) in [7, 11) is 0. The van der Waals surface area contributed by atoms with Gasteiger partial charge in [0, 0.05) is 11.6 Å². The predicted octanol–water partition coefficient (Wildman–Crippen LogP) is 3.31. The molecule has 29 heavy (non-hydrogen) atoms. The van der Waals surface area contributed by atoms with Crippen molar-refractivity contribution < 1.29 is 9.59 Å². The average molecular weight is 473 g/mol. The normalized spacial score (nSPS) is 18.1. The molecule has 2 unspecified atom stereocenters. The lowest BCUT2D eigenvalue weighted by Crippen LogP contribution is -2.48. The minimum absolute atomic E-state index is 0.198.